The second kappa shape index (κ2) is 10.1. The van der Waals surface area contributed by atoms with E-state index in [2.05, 4.69) is 12.1 Å². The third-order valence-electron chi connectivity index (χ3n) is 5.07. The third kappa shape index (κ3) is 5.83. The van der Waals surface area contributed by atoms with Gasteiger partial charge >= 0.3 is 5.97 Å². The van der Waals surface area contributed by atoms with Crippen LogP contribution in [0.2, 0.25) is 0 Å². The van der Waals surface area contributed by atoms with Crippen LogP contribution in [0.3, 0.4) is 0 Å². The van der Waals surface area contributed by atoms with Crippen LogP contribution < -0.4 is 0 Å². The van der Waals surface area contributed by atoms with Crippen molar-refractivity contribution in [2.75, 3.05) is 0 Å². The summed E-state index contributed by atoms with van der Waals surface area (Å²) >= 11 is 0. The highest BCUT2D eigenvalue weighted by atomic mass is 16.4. The topological polar surface area (TPSA) is 81.3 Å². The largest absolute Gasteiger partial charge is 0.507 e. The van der Waals surface area contributed by atoms with Crippen molar-refractivity contribution >= 4 is 12.0 Å². The number of nitriles is 1. The Bertz CT molecular complexity index is 1060. The van der Waals surface area contributed by atoms with E-state index in [4.69, 9.17) is 10.4 Å². The first-order valence-electron chi connectivity index (χ1n) is 9.82. The molecule has 1 atom stereocenters. The molecule has 0 fully saturated rings. The Kier molecular flexibility index (Phi) is 7.02. The Balaban J connectivity index is 1.74. The van der Waals surface area contributed by atoms with E-state index >= 15 is 0 Å². The number of allylic oxidation sites excluding steroid dienone is 1. The van der Waals surface area contributed by atoms with Crippen molar-refractivity contribution in [2.45, 2.75) is 19.3 Å². The molecule has 0 saturated carbocycles. The molecule has 4 nitrogen and oxygen atoms in total. The molecule has 0 radical (unpaired) electrons. The molecule has 4 heteroatoms. The van der Waals surface area contributed by atoms with Gasteiger partial charge in [-0.1, -0.05) is 54.6 Å². The summed E-state index contributed by atoms with van der Waals surface area (Å²) in [7, 11) is 0. The smallest absolute Gasteiger partial charge is 0.335 e. The number of carboxylic acids is 1. The number of phenolic OH excluding ortho intramolecular Hbond substituents is 1. The number of rotatable bonds is 8. The molecular formula is C26H23NO3. The van der Waals surface area contributed by atoms with Gasteiger partial charge in [0, 0.05) is 5.56 Å². The van der Waals surface area contributed by atoms with Gasteiger partial charge in [-0.15, -0.1) is 0 Å². The molecule has 0 aliphatic heterocycles. The lowest BCUT2D eigenvalue weighted by atomic mass is 9.91. The molecule has 0 aliphatic carbocycles. The summed E-state index contributed by atoms with van der Waals surface area (Å²) in [5, 5.41) is 28.1. The first-order valence-corrected chi connectivity index (χ1v) is 9.82. The third-order valence-corrected chi connectivity index (χ3v) is 5.07. The highest BCUT2D eigenvalue weighted by molar-refractivity contribution is 5.87. The van der Waals surface area contributed by atoms with Crippen molar-refractivity contribution in [1.82, 2.24) is 0 Å². The fraction of sp³-hybridized carbons (Fsp3) is 0.154. The molecule has 0 aliphatic rings. The number of hydrogen-bond acceptors (Lipinski definition) is 3. The van der Waals surface area contributed by atoms with Crippen LogP contribution in [0.15, 0.2) is 78.9 Å². The van der Waals surface area contributed by atoms with Crippen molar-refractivity contribution in [3.63, 3.8) is 0 Å². The van der Waals surface area contributed by atoms with Gasteiger partial charge in [0.1, 0.15) is 5.75 Å². The van der Waals surface area contributed by atoms with Crippen LogP contribution in [0.1, 0.15) is 39.0 Å². The fourth-order valence-electron chi connectivity index (χ4n) is 3.32. The SMILES string of the molecule is N#Cc1ccc(CC(/C=C/c2ccccc2O)CCc2ccc(C(=O)O)cc2)cc1. The number of nitrogens with zero attached hydrogens (tertiary/aromatic N) is 1. The quantitative estimate of drug-likeness (QED) is 0.528. The zero-order valence-corrected chi connectivity index (χ0v) is 16.5. The van der Waals surface area contributed by atoms with Gasteiger partial charge in [0.05, 0.1) is 17.2 Å². The van der Waals surface area contributed by atoms with Gasteiger partial charge in [-0.3, -0.25) is 0 Å². The summed E-state index contributed by atoms with van der Waals surface area (Å²) in [4.78, 5) is 11.0. The highest BCUT2D eigenvalue weighted by Crippen LogP contribution is 2.22. The Morgan fingerprint density at radius 1 is 0.967 bits per heavy atom. The second-order valence-electron chi connectivity index (χ2n) is 7.23. The van der Waals surface area contributed by atoms with E-state index in [0.717, 1.165) is 36.0 Å². The number of benzene rings is 3. The van der Waals surface area contributed by atoms with Gasteiger partial charge in [-0.05, 0) is 66.6 Å². The van der Waals surface area contributed by atoms with Gasteiger partial charge in [0.2, 0.25) is 0 Å². The van der Waals surface area contributed by atoms with Crippen LogP contribution in [-0.2, 0) is 12.8 Å². The van der Waals surface area contributed by atoms with Crippen molar-refractivity contribution in [1.29, 1.82) is 5.26 Å². The maximum absolute atomic E-state index is 11.0. The summed E-state index contributed by atoms with van der Waals surface area (Å²) in [6.45, 7) is 0. The summed E-state index contributed by atoms with van der Waals surface area (Å²) in [5.74, 6) is -0.460. The minimum Gasteiger partial charge on any atom is -0.507 e. The van der Waals surface area contributed by atoms with Crippen LogP contribution in [0.4, 0.5) is 0 Å². The van der Waals surface area contributed by atoms with Crippen LogP contribution in [-0.4, -0.2) is 16.2 Å². The van der Waals surface area contributed by atoms with Crippen LogP contribution in [0.25, 0.3) is 6.08 Å². The second-order valence-corrected chi connectivity index (χ2v) is 7.23. The van der Waals surface area contributed by atoms with Crippen LogP contribution >= 0.6 is 0 Å². The number of carbonyl (C=O) groups is 1. The van der Waals surface area contributed by atoms with Crippen LogP contribution in [0, 0.1) is 17.2 Å². The lowest BCUT2D eigenvalue weighted by molar-refractivity contribution is 0.0697. The van der Waals surface area contributed by atoms with Crippen molar-refractivity contribution in [3.05, 3.63) is 107 Å². The van der Waals surface area contributed by atoms with E-state index in [9.17, 15) is 9.90 Å². The van der Waals surface area contributed by atoms with Crippen molar-refractivity contribution in [2.24, 2.45) is 5.92 Å². The average Bonchev–Trinajstić information content (AvgIpc) is 2.77. The molecule has 3 aromatic carbocycles. The molecular weight excluding hydrogens is 374 g/mol. The summed E-state index contributed by atoms with van der Waals surface area (Å²) in [5.41, 5.74) is 3.92. The number of hydrogen-bond donors (Lipinski definition) is 2. The maximum Gasteiger partial charge on any atom is 0.335 e. The van der Waals surface area contributed by atoms with Gasteiger partial charge in [0.25, 0.3) is 0 Å². The Hall–Kier alpha value is -3.84. The minimum absolute atomic E-state index is 0.219. The zero-order chi connectivity index (χ0) is 21.3. The molecule has 0 heterocycles. The summed E-state index contributed by atoms with van der Waals surface area (Å²) in [6.07, 6.45) is 6.54. The molecule has 0 spiro atoms. The number of aromatic hydroxyl groups is 1. The van der Waals surface area contributed by atoms with Gasteiger partial charge in [-0.2, -0.15) is 5.26 Å². The summed E-state index contributed by atoms with van der Waals surface area (Å²) < 4.78 is 0. The van der Waals surface area contributed by atoms with E-state index in [1.165, 1.54) is 0 Å². The number of phenols is 1. The maximum atomic E-state index is 11.0. The number of aromatic carboxylic acids is 1. The zero-order valence-electron chi connectivity index (χ0n) is 16.5. The molecule has 150 valence electrons. The van der Waals surface area contributed by atoms with Crippen molar-refractivity contribution in [3.8, 4) is 11.8 Å². The lowest BCUT2D eigenvalue weighted by Gasteiger charge is -2.14. The van der Waals surface area contributed by atoms with Gasteiger partial charge in [0.15, 0.2) is 0 Å². The van der Waals surface area contributed by atoms with E-state index in [-0.39, 0.29) is 17.2 Å². The molecule has 2 N–H and O–H groups in total. The van der Waals surface area contributed by atoms with Gasteiger partial charge in [-0.25, -0.2) is 4.79 Å². The van der Waals surface area contributed by atoms with Gasteiger partial charge < -0.3 is 10.2 Å². The lowest BCUT2D eigenvalue weighted by Crippen LogP contribution is -2.04. The number of carboxylic acid groups (broad SMARTS) is 1. The monoisotopic (exact) mass is 397 g/mol. The Morgan fingerprint density at radius 2 is 1.63 bits per heavy atom. The standard InChI is InChI=1S/C26H23NO3/c27-18-22-9-7-20(8-10-22)17-21(13-14-23-3-1-2-4-25(23)28)6-5-19-11-15-24(16-12-19)26(29)30/h1-4,7-16,21,28H,5-6,17H2,(H,29,30)/b14-13+. The van der Waals surface area contributed by atoms with E-state index < -0.39 is 5.97 Å². The van der Waals surface area contributed by atoms with E-state index in [1.54, 1.807) is 24.3 Å². The molecule has 0 amide bonds. The molecule has 3 aromatic rings. The highest BCUT2D eigenvalue weighted by Gasteiger charge is 2.09. The number of para-hydroxylation sites is 1. The molecule has 0 saturated heterocycles. The van der Waals surface area contributed by atoms with Crippen LogP contribution in [0.5, 0.6) is 5.75 Å². The Morgan fingerprint density at radius 3 is 2.27 bits per heavy atom. The predicted molar refractivity (Wildman–Crippen MR) is 117 cm³/mol. The first kappa shape index (κ1) is 20.9. The normalized spacial score (nSPS) is 11.8. The van der Waals surface area contributed by atoms with E-state index in [1.807, 2.05) is 54.6 Å². The van der Waals surface area contributed by atoms with Crippen molar-refractivity contribution < 1.29 is 15.0 Å². The molecule has 0 bridgehead atoms. The molecule has 3 rings (SSSR count). The molecule has 30 heavy (non-hydrogen) atoms. The molecule has 0 aromatic heterocycles. The van der Waals surface area contributed by atoms with E-state index in [0.29, 0.717) is 5.56 Å². The molecule has 1 unspecified atom stereocenters. The minimum atomic E-state index is -0.925. The fourth-order valence-corrected chi connectivity index (χ4v) is 3.32. The Labute approximate surface area is 176 Å². The summed E-state index contributed by atoms with van der Waals surface area (Å²) in [6, 6.07) is 23.9. The first-order chi connectivity index (χ1) is 14.5. The predicted octanol–water partition coefficient (Wildman–Crippen LogP) is 5.47. The number of aryl methyl sites for hydroxylation is 1. The average molecular weight is 397 g/mol.